The van der Waals surface area contributed by atoms with Crippen molar-refractivity contribution in [3.63, 3.8) is 0 Å². The maximum Gasteiger partial charge on any atom is 0.410 e. The van der Waals surface area contributed by atoms with Gasteiger partial charge in [0.25, 0.3) is 0 Å². The number of rotatable bonds is 12. The molecule has 1 aromatic rings. The lowest BCUT2D eigenvalue weighted by atomic mass is 10.0. The minimum atomic E-state index is -0.773. The number of Topliss-reactive ketones (excluding diaryl/α,β-unsaturated/α-hetero) is 1. The molecule has 2 atom stereocenters. The Labute approximate surface area is 202 Å². The van der Waals surface area contributed by atoms with Crippen molar-refractivity contribution >= 4 is 23.8 Å². The van der Waals surface area contributed by atoms with Gasteiger partial charge in [0, 0.05) is 19.2 Å². The number of hydrogen-bond acceptors (Lipinski definition) is 7. The molecule has 0 radical (unpaired) electrons. The number of likely N-dealkylation sites (N-methyl/N-ethyl adjacent to an activating group) is 1. The first kappa shape index (κ1) is 29.1. The molecule has 0 bridgehead atoms. The van der Waals surface area contributed by atoms with Crippen LogP contribution in [0.25, 0.3) is 0 Å². The number of nitrogens with zero attached hydrogens (tertiary/aromatic N) is 1. The summed E-state index contributed by atoms with van der Waals surface area (Å²) in [5, 5.41) is 5.71. The zero-order valence-corrected chi connectivity index (χ0v) is 21.3. The zero-order chi connectivity index (χ0) is 25.9. The number of carbonyl (C=O) groups is 4. The van der Waals surface area contributed by atoms with E-state index in [1.165, 1.54) is 19.1 Å². The van der Waals surface area contributed by atoms with Gasteiger partial charge in [-0.15, -0.1) is 0 Å². The maximum atomic E-state index is 12.9. The van der Waals surface area contributed by atoms with Gasteiger partial charge in [-0.05, 0) is 39.5 Å². The third-order valence-electron chi connectivity index (χ3n) is 4.97. The lowest BCUT2D eigenvalue weighted by Gasteiger charge is -2.31. The van der Waals surface area contributed by atoms with Crippen LogP contribution < -0.4 is 10.6 Å². The molecular weight excluding hydrogens is 438 g/mol. The third kappa shape index (κ3) is 10.3. The minimum Gasteiger partial charge on any atom is -0.468 e. The molecule has 9 heteroatoms. The molecule has 0 aliphatic rings. The Morgan fingerprint density at radius 3 is 2.21 bits per heavy atom. The summed E-state index contributed by atoms with van der Waals surface area (Å²) in [6.07, 6.45) is 0.0819. The van der Waals surface area contributed by atoms with Gasteiger partial charge in [0.15, 0.2) is 5.78 Å². The van der Waals surface area contributed by atoms with Gasteiger partial charge in [0.05, 0.1) is 13.7 Å². The van der Waals surface area contributed by atoms with Crippen LogP contribution in [0.5, 0.6) is 0 Å². The van der Waals surface area contributed by atoms with Crippen LogP contribution in [0.1, 0.15) is 57.8 Å². The van der Waals surface area contributed by atoms with E-state index in [1.54, 1.807) is 45.0 Å². The van der Waals surface area contributed by atoms with E-state index in [-0.39, 0.29) is 37.1 Å². The number of ketones is 1. The molecule has 1 aromatic carbocycles. The largest absolute Gasteiger partial charge is 0.468 e. The molecule has 0 saturated heterocycles. The van der Waals surface area contributed by atoms with Crippen LogP contribution in [0.2, 0.25) is 0 Å². The molecule has 9 nitrogen and oxygen atoms in total. The van der Waals surface area contributed by atoms with Crippen molar-refractivity contribution in [1.82, 2.24) is 15.5 Å². The monoisotopic (exact) mass is 477 g/mol. The molecule has 0 saturated carbocycles. The van der Waals surface area contributed by atoms with E-state index in [1.807, 2.05) is 19.9 Å². The van der Waals surface area contributed by atoms with E-state index in [4.69, 9.17) is 9.47 Å². The standard InChI is InChI=1S/C25H39N3O6/c1-17(2)15-20(28(6)24(32)34-25(3,4)5)22(30)26-14-13-19(23(31)33-7)27-16-21(29)18-11-9-8-10-12-18/h8-12,17,19-20,27H,13-16H2,1-7H3,(H,26,30)/t19-,20-/m0/s1. The Hall–Kier alpha value is -2.94. The minimum absolute atomic E-state index is 0.0465. The molecule has 0 fully saturated rings. The highest BCUT2D eigenvalue weighted by Gasteiger charge is 2.31. The van der Waals surface area contributed by atoms with Gasteiger partial charge in [0.2, 0.25) is 5.91 Å². The SMILES string of the molecule is COC(=O)[C@H](CCNC(=O)[C@H](CC(C)C)N(C)C(=O)OC(C)(C)C)NCC(=O)c1ccccc1. The molecule has 0 aliphatic heterocycles. The molecule has 2 N–H and O–H groups in total. The molecule has 0 spiro atoms. The summed E-state index contributed by atoms with van der Waals surface area (Å²) >= 11 is 0. The lowest BCUT2D eigenvalue weighted by Crippen LogP contribution is -2.50. The van der Waals surface area contributed by atoms with E-state index in [0.29, 0.717) is 12.0 Å². The highest BCUT2D eigenvalue weighted by Crippen LogP contribution is 2.15. The van der Waals surface area contributed by atoms with Gasteiger partial charge in [-0.3, -0.25) is 24.6 Å². The van der Waals surface area contributed by atoms with E-state index >= 15 is 0 Å². The number of carbonyl (C=O) groups excluding carboxylic acids is 4. The fourth-order valence-corrected chi connectivity index (χ4v) is 3.19. The van der Waals surface area contributed by atoms with E-state index in [9.17, 15) is 19.2 Å². The Kier molecular flexibility index (Phi) is 11.7. The van der Waals surface area contributed by atoms with Crippen molar-refractivity contribution in [2.45, 2.75) is 65.1 Å². The fraction of sp³-hybridized carbons (Fsp3) is 0.600. The molecule has 0 aliphatic carbocycles. The first-order chi connectivity index (χ1) is 15.9. The molecule has 2 amide bonds. The van der Waals surface area contributed by atoms with Gasteiger partial charge in [-0.1, -0.05) is 44.2 Å². The Morgan fingerprint density at radius 1 is 1.06 bits per heavy atom. The number of methoxy groups -OCH3 is 1. The second kappa shape index (κ2) is 13.7. The smallest absolute Gasteiger partial charge is 0.410 e. The molecule has 190 valence electrons. The highest BCUT2D eigenvalue weighted by atomic mass is 16.6. The van der Waals surface area contributed by atoms with Crippen molar-refractivity contribution in [1.29, 1.82) is 0 Å². The van der Waals surface area contributed by atoms with Crippen LogP contribution in [0, 0.1) is 5.92 Å². The van der Waals surface area contributed by atoms with Crippen LogP contribution in [0.4, 0.5) is 4.79 Å². The summed E-state index contributed by atoms with van der Waals surface area (Å²) in [5.41, 5.74) is -0.144. The average Bonchev–Trinajstić information content (AvgIpc) is 2.77. The van der Waals surface area contributed by atoms with Gasteiger partial charge >= 0.3 is 12.1 Å². The molecule has 0 heterocycles. The average molecular weight is 478 g/mol. The lowest BCUT2D eigenvalue weighted by molar-refractivity contribution is -0.143. The van der Waals surface area contributed by atoms with Gasteiger partial charge < -0.3 is 14.8 Å². The predicted octanol–water partition coefficient (Wildman–Crippen LogP) is 2.79. The number of amides is 2. The van der Waals surface area contributed by atoms with E-state index < -0.39 is 29.7 Å². The second-order valence-corrected chi connectivity index (χ2v) is 9.56. The van der Waals surface area contributed by atoms with Crippen LogP contribution in [0.3, 0.4) is 0 Å². The number of ether oxygens (including phenoxy) is 2. The predicted molar refractivity (Wildman–Crippen MR) is 129 cm³/mol. The van der Waals surface area contributed by atoms with Gasteiger partial charge in [0.1, 0.15) is 17.7 Å². The number of nitrogens with one attached hydrogen (secondary N) is 2. The van der Waals surface area contributed by atoms with Crippen LogP contribution in [-0.2, 0) is 19.1 Å². The Morgan fingerprint density at radius 2 is 1.68 bits per heavy atom. The fourth-order valence-electron chi connectivity index (χ4n) is 3.19. The first-order valence-corrected chi connectivity index (χ1v) is 11.5. The summed E-state index contributed by atoms with van der Waals surface area (Å²) in [5.74, 6) is -0.866. The van der Waals surface area contributed by atoms with Crippen molar-refractivity contribution < 1.29 is 28.7 Å². The summed E-state index contributed by atoms with van der Waals surface area (Å²) in [4.78, 5) is 51.2. The van der Waals surface area contributed by atoms with Gasteiger partial charge in [-0.2, -0.15) is 0 Å². The summed E-state index contributed by atoms with van der Waals surface area (Å²) in [6.45, 7) is 9.32. The second-order valence-electron chi connectivity index (χ2n) is 9.56. The van der Waals surface area contributed by atoms with E-state index in [2.05, 4.69) is 10.6 Å². The molecule has 34 heavy (non-hydrogen) atoms. The highest BCUT2D eigenvalue weighted by molar-refractivity contribution is 5.97. The van der Waals surface area contributed by atoms with Crippen LogP contribution >= 0.6 is 0 Å². The normalized spacial score (nSPS) is 13.1. The molecular formula is C25H39N3O6. The van der Waals surface area contributed by atoms with E-state index in [0.717, 1.165) is 0 Å². The maximum absolute atomic E-state index is 12.9. The quantitative estimate of drug-likeness (QED) is 0.351. The molecule has 0 aromatic heterocycles. The first-order valence-electron chi connectivity index (χ1n) is 11.5. The Bertz CT molecular complexity index is 820. The summed E-state index contributed by atoms with van der Waals surface area (Å²) in [7, 11) is 2.80. The van der Waals surface area contributed by atoms with Crippen molar-refractivity contribution in [3.8, 4) is 0 Å². The number of benzene rings is 1. The van der Waals surface area contributed by atoms with Gasteiger partial charge in [-0.25, -0.2) is 4.79 Å². The summed E-state index contributed by atoms with van der Waals surface area (Å²) < 4.78 is 10.2. The Balaban J connectivity index is 2.72. The summed E-state index contributed by atoms with van der Waals surface area (Å²) in [6, 6.07) is 7.26. The zero-order valence-electron chi connectivity index (χ0n) is 21.3. The van der Waals surface area contributed by atoms with Crippen LogP contribution in [0.15, 0.2) is 30.3 Å². The van der Waals surface area contributed by atoms with Crippen molar-refractivity contribution in [3.05, 3.63) is 35.9 Å². The molecule has 0 unspecified atom stereocenters. The van der Waals surface area contributed by atoms with Crippen LogP contribution in [-0.4, -0.2) is 73.6 Å². The van der Waals surface area contributed by atoms with Crippen molar-refractivity contribution in [2.24, 2.45) is 5.92 Å². The van der Waals surface area contributed by atoms with Crippen molar-refractivity contribution in [2.75, 3.05) is 27.2 Å². The molecule has 1 rings (SSSR count). The number of esters is 1. The number of hydrogen-bond donors (Lipinski definition) is 2. The topological polar surface area (TPSA) is 114 Å². The third-order valence-corrected chi connectivity index (χ3v) is 4.97.